The Kier molecular flexibility index (Phi) is 5.35. The van der Waals surface area contributed by atoms with Gasteiger partial charge in [0, 0.05) is 24.0 Å². The average molecular weight is 348 g/mol. The fourth-order valence-electron chi connectivity index (χ4n) is 2.63. The number of nitrogens with one attached hydrogen (secondary N) is 1. The molecule has 1 aliphatic rings. The first-order valence-corrected chi connectivity index (χ1v) is 9.82. The molecule has 2 heterocycles. The van der Waals surface area contributed by atoms with Crippen molar-refractivity contribution >= 4 is 34.7 Å². The van der Waals surface area contributed by atoms with E-state index in [0.717, 1.165) is 35.2 Å². The summed E-state index contributed by atoms with van der Waals surface area (Å²) in [5.74, 6) is 1.20. The molecule has 23 heavy (non-hydrogen) atoms. The topological polar surface area (TPSA) is 51.2 Å². The van der Waals surface area contributed by atoms with Crippen LogP contribution in [0.1, 0.15) is 38.3 Å². The molecule has 4 nitrogen and oxygen atoms in total. The van der Waals surface area contributed by atoms with Crippen molar-refractivity contribution in [2.45, 2.75) is 25.0 Å². The van der Waals surface area contributed by atoms with Crippen molar-refractivity contribution in [3.63, 3.8) is 0 Å². The molecule has 122 valence electrons. The van der Waals surface area contributed by atoms with E-state index >= 15 is 0 Å². The van der Waals surface area contributed by atoms with Crippen LogP contribution >= 0.6 is 23.1 Å². The zero-order valence-corrected chi connectivity index (χ0v) is 14.9. The molecule has 1 aromatic carbocycles. The van der Waals surface area contributed by atoms with Crippen LogP contribution in [0, 0.1) is 6.92 Å². The standard InChI is InChI=1S/C17H20N2O2S2/c1-11-15(23-17(18-11)13-6-7-21-9-13)16(20)19-14-5-3-4-12(8-14)10-22-2/h3-5,8,13H,6-7,9-10H2,1-2H3,(H,19,20). The maximum absolute atomic E-state index is 12.6. The molecule has 3 rings (SSSR count). The monoisotopic (exact) mass is 348 g/mol. The SMILES string of the molecule is CSCc1cccc(NC(=O)c2sc(C3CCOC3)nc2C)c1. The van der Waals surface area contributed by atoms with E-state index in [1.165, 1.54) is 16.9 Å². The summed E-state index contributed by atoms with van der Waals surface area (Å²) >= 11 is 3.26. The van der Waals surface area contributed by atoms with Gasteiger partial charge in [0.25, 0.3) is 5.91 Å². The summed E-state index contributed by atoms with van der Waals surface area (Å²) in [6.45, 7) is 3.40. The number of aromatic nitrogens is 1. The summed E-state index contributed by atoms with van der Waals surface area (Å²) in [6, 6.07) is 7.99. The van der Waals surface area contributed by atoms with Gasteiger partial charge < -0.3 is 10.1 Å². The van der Waals surface area contributed by atoms with Crippen LogP contribution in [0.2, 0.25) is 0 Å². The summed E-state index contributed by atoms with van der Waals surface area (Å²) in [7, 11) is 0. The van der Waals surface area contributed by atoms with Crippen molar-refractivity contribution in [3.8, 4) is 0 Å². The van der Waals surface area contributed by atoms with E-state index < -0.39 is 0 Å². The maximum Gasteiger partial charge on any atom is 0.267 e. The van der Waals surface area contributed by atoms with Gasteiger partial charge in [0.05, 0.1) is 17.3 Å². The third kappa shape index (κ3) is 3.94. The number of thioether (sulfide) groups is 1. The number of carbonyl (C=O) groups is 1. The summed E-state index contributed by atoms with van der Waals surface area (Å²) in [6.07, 6.45) is 3.06. The average Bonchev–Trinajstić information content (AvgIpc) is 3.17. The van der Waals surface area contributed by atoms with Crippen LogP contribution in [0.3, 0.4) is 0 Å². The Morgan fingerprint density at radius 3 is 3.13 bits per heavy atom. The van der Waals surface area contributed by atoms with Gasteiger partial charge in [-0.2, -0.15) is 11.8 Å². The minimum absolute atomic E-state index is 0.0773. The molecule has 1 atom stereocenters. The summed E-state index contributed by atoms with van der Waals surface area (Å²) < 4.78 is 5.42. The highest BCUT2D eigenvalue weighted by molar-refractivity contribution is 7.97. The Hall–Kier alpha value is -1.37. The van der Waals surface area contributed by atoms with Crippen molar-refractivity contribution in [1.82, 2.24) is 4.98 Å². The number of carbonyl (C=O) groups excluding carboxylic acids is 1. The van der Waals surface area contributed by atoms with Gasteiger partial charge in [0.15, 0.2) is 0 Å². The van der Waals surface area contributed by atoms with Gasteiger partial charge in [-0.1, -0.05) is 12.1 Å². The largest absolute Gasteiger partial charge is 0.381 e. The van der Waals surface area contributed by atoms with Crippen LogP contribution in [-0.4, -0.2) is 30.4 Å². The van der Waals surface area contributed by atoms with Crippen molar-refractivity contribution in [1.29, 1.82) is 0 Å². The normalized spacial score (nSPS) is 17.4. The lowest BCUT2D eigenvalue weighted by Crippen LogP contribution is -2.11. The van der Waals surface area contributed by atoms with Gasteiger partial charge in [0.2, 0.25) is 0 Å². The Bertz CT molecular complexity index is 694. The number of anilines is 1. The highest BCUT2D eigenvalue weighted by Gasteiger charge is 2.24. The summed E-state index contributed by atoms with van der Waals surface area (Å²) in [5, 5.41) is 4.01. The molecule has 0 spiro atoms. The summed E-state index contributed by atoms with van der Waals surface area (Å²) in [5.41, 5.74) is 2.84. The Morgan fingerprint density at radius 2 is 2.39 bits per heavy atom. The van der Waals surface area contributed by atoms with Gasteiger partial charge in [0.1, 0.15) is 4.88 Å². The lowest BCUT2D eigenvalue weighted by Gasteiger charge is -2.06. The van der Waals surface area contributed by atoms with Crippen molar-refractivity contribution in [2.24, 2.45) is 0 Å². The number of nitrogens with zero attached hydrogens (tertiary/aromatic N) is 1. The van der Waals surface area contributed by atoms with Crippen molar-refractivity contribution in [2.75, 3.05) is 24.8 Å². The number of hydrogen-bond acceptors (Lipinski definition) is 5. The van der Waals surface area contributed by atoms with Crippen molar-refractivity contribution in [3.05, 3.63) is 45.4 Å². The molecule has 1 N–H and O–H groups in total. The molecule has 1 aliphatic heterocycles. The van der Waals surface area contributed by atoms with Gasteiger partial charge in [-0.25, -0.2) is 4.98 Å². The third-order valence-electron chi connectivity index (χ3n) is 3.79. The quantitative estimate of drug-likeness (QED) is 0.885. The minimum atomic E-state index is -0.0773. The predicted octanol–water partition coefficient (Wildman–Crippen LogP) is 4.07. The zero-order valence-electron chi connectivity index (χ0n) is 13.3. The number of ether oxygens (including phenoxy) is 1. The number of hydrogen-bond donors (Lipinski definition) is 1. The molecule has 0 aliphatic carbocycles. The Balaban J connectivity index is 1.74. The molecule has 0 bridgehead atoms. The van der Waals surface area contributed by atoms with Gasteiger partial charge in [-0.05, 0) is 37.3 Å². The second-order valence-electron chi connectivity index (χ2n) is 5.61. The van der Waals surface area contributed by atoms with E-state index in [1.807, 2.05) is 25.1 Å². The minimum Gasteiger partial charge on any atom is -0.381 e. The first-order valence-electron chi connectivity index (χ1n) is 7.61. The van der Waals surface area contributed by atoms with E-state index in [0.29, 0.717) is 17.4 Å². The zero-order chi connectivity index (χ0) is 16.2. The number of amides is 1. The van der Waals surface area contributed by atoms with E-state index in [9.17, 15) is 4.79 Å². The molecule has 2 aromatic rings. The number of rotatable bonds is 5. The van der Waals surface area contributed by atoms with E-state index in [1.54, 1.807) is 11.8 Å². The highest BCUT2D eigenvalue weighted by Crippen LogP contribution is 2.31. The molecule has 6 heteroatoms. The highest BCUT2D eigenvalue weighted by atomic mass is 32.2. The summed E-state index contributed by atoms with van der Waals surface area (Å²) in [4.78, 5) is 17.8. The molecular formula is C17H20N2O2S2. The smallest absolute Gasteiger partial charge is 0.267 e. The molecule has 1 amide bonds. The van der Waals surface area contributed by atoms with E-state index in [2.05, 4.69) is 22.6 Å². The van der Waals surface area contributed by atoms with E-state index in [-0.39, 0.29) is 5.91 Å². The molecule has 0 radical (unpaired) electrons. The number of thiazole rings is 1. The van der Waals surface area contributed by atoms with Crippen molar-refractivity contribution < 1.29 is 9.53 Å². The van der Waals surface area contributed by atoms with Crippen LogP contribution < -0.4 is 5.32 Å². The fourth-order valence-corrected chi connectivity index (χ4v) is 4.22. The fraction of sp³-hybridized carbons (Fsp3) is 0.412. The van der Waals surface area contributed by atoms with E-state index in [4.69, 9.17) is 4.74 Å². The number of benzene rings is 1. The molecule has 1 unspecified atom stereocenters. The van der Waals surface area contributed by atoms with Crippen LogP contribution in [0.4, 0.5) is 5.69 Å². The first kappa shape index (κ1) is 16.5. The van der Waals surface area contributed by atoms with Crippen LogP contribution in [-0.2, 0) is 10.5 Å². The Labute approximate surface area is 144 Å². The molecular weight excluding hydrogens is 328 g/mol. The van der Waals surface area contributed by atoms with Gasteiger partial charge >= 0.3 is 0 Å². The lowest BCUT2D eigenvalue weighted by atomic mass is 10.1. The third-order valence-corrected chi connectivity index (χ3v) is 5.73. The second-order valence-corrected chi connectivity index (χ2v) is 7.51. The predicted molar refractivity (Wildman–Crippen MR) is 96.6 cm³/mol. The first-order chi connectivity index (χ1) is 11.2. The molecule has 1 saturated heterocycles. The van der Waals surface area contributed by atoms with Gasteiger partial charge in [-0.15, -0.1) is 11.3 Å². The van der Waals surface area contributed by atoms with Gasteiger partial charge in [-0.3, -0.25) is 4.79 Å². The number of aryl methyl sites for hydroxylation is 1. The van der Waals surface area contributed by atoms with Crippen LogP contribution in [0.25, 0.3) is 0 Å². The Morgan fingerprint density at radius 1 is 1.52 bits per heavy atom. The molecule has 0 saturated carbocycles. The lowest BCUT2D eigenvalue weighted by molar-refractivity contribution is 0.103. The second kappa shape index (κ2) is 7.47. The molecule has 1 aromatic heterocycles. The van der Waals surface area contributed by atoms with Crippen LogP contribution in [0.15, 0.2) is 24.3 Å². The maximum atomic E-state index is 12.6. The van der Waals surface area contributed by atoms with Crippen LogP contribution in [0.5, 0.6) is 0 Å². The molecule has 1 fully saturated rings.